The number of nitrogens with zero attached hydrogens (tertiary/aromatic N) is 1. The Labute approximate surface area is 105 Å². The molecule has 0 aromatic heterocycles. The lowest BCUT2D eigenvalue weighted by Gasteiger charge is -2.42. The SMILES string of the molecule is CC1(C)CCN(c2cccc(Br)c2)CC1O. The third-order valence-electron chi connectivity index (χ3n) is 3.49. The van der Waals surface area contributed by atoms with E-state index in [1.165, 1.54) is 5.69 Å². The van der Waals surface area contributed by atoms with Crippen LogP contribution in [-0.2, 0) is 0 Å². The van der Waals surface area contributed by atoms with Crippen molar-refractivity contribution in [2.75, 3.05) is 18.0 Å². The third kappa shape index (κ3) is 2.41. The molecule has 0 spiro atoms. The zero-order chi connectivity index (χ0) is 11.8. The zero-order valence-corrected chi connectivity index (χ0v) is 11.4. The lowest BCUT2D eigenvalue weighted by atomic mass is 9.80. The summed E-state index contributed by atoms with van der Waals surface area (Å²) in [6, 6.07) is 8.25. The quantitative estimate of drug-likeness (QED) is 0.856. The maximum Gasteiger partial charge on any atom is 0.0766 e. The minimum Gasteiger partial charge on any atom is -0.391 e. The number of rotatable bonds is 1. The molecular weight excluding hydrogens is 266 g/mol. The van der Waals surface area contributed by atoms with Crippen LogP contribution in [0.5, 0.6) is 0 Å². The fraction of sp³-hybridized carbons (Fsp3) is 0.538. The van der Waals surface area contributed by atoms with Gasteiger partial charge < -0.3 is 10.0 Å². The van der Waals surface area contributed by atoms with Crippen molar-refractivity contribution in [2.24, 2.45) is 5.41 Å². The molecular formula is C13H18BrNO. The molecule has 0 bridgehead atoms. The van der Waals surface area contributed by atoms with Crippen LogP contribution in [0.4, 0.5) is 5.69 Å². The van der Waals surface area contributed by atoms with Gasteiger partial charge in [0.15, 0.2) is 0 Å². The summed E-state index contributed by atoms with van der Waals surface area (Å²) in [5.74, 6) is 0. The lowest BCUT2D eigenvalue weighted by Crippen LogP contribution is -2.48. The summed E-state index contributed by atoms with van der Waals surface area (Å²) in [5.41, 5.74) is 1.23. The Hall–Kier alpha value is -0.540. The number of β-amino-alcohol motifs (C(OH)–C–C–N with tert-alkyl or cyclic N) is 1. The van der Waals surface area contributed by atoms with Gasteiger partial charge in [0.25, 0.3) is 0 Å². The molecule has 0 amide bonds. The van der Waals surface area contributed by atoms with Gasteiger partial charge in [-0.1, -0.05) is 35.8 Å². The van der Waals surface area contributed by atoms with Gasteiger partial charge in [0, 0.05) is 23.2 Å². The van der Waals surface area contributed by atoms with Crippen molar-refractivity contribution in [3.63, 3.8) is 0 Å². The van der Waals surface area contributed by atoms with Crippen LogP contribution in [0.1, 0.15) is 20.3 Å². The summed E-state index contributed by atoms with van der Waals surface area (Å²) in [7, 11) is 0. The highest BCUT2D eigenvalue weighted by Gasteiger charge is 2.34. The molecule has 1 fully saturated rings. The Balaban J connectivity index is 2.14. The third-order valence-corrected chi connectivity index (χ3v) is 3.99. The first kappa shape index (κ1) is 11.9. The van der Waals surface area contributed by atoms with Crippen molar-refractivity contribution in [1.82, 2.24) is 0 Å². The van der Waals surface area contributed by atoms with Gasteiger partial charge in [0.1, 0.15) is 0 Å². The Morgan fingerprint density at radius 2 is 2.19 bits per heavy atom. The highest BCUT2D eigenvalue weighted by atomic mass is 79.9. The van der Waals surface area contributed by atoms with Crippen molar-refractivity contribution in [1.29, 1.82) is 0 Å². The molecule has 1 heterocycles. The number of piperidine rings is 1. The Morgan fingerprint density at radius 3 is 2.81 bits per heavy atom. The van der Waals surface area contributed by atoms with Crippen LogP contribution in [-0.4, -0.2) is 24.3 Å². The monoisotopic (exact) mass is 283 g/mol. The maximum absolute atomic E-state index is 10.1. The summed E-state index contributed by atoms with van der Waals surface area (Å²) in [6.45, 7) is 6.01. The number of anilines is 1. The molecule has 1 atom stereocenters. The fourth-order valence-electron chi connectivity index (χ4n) is 2.04. The Bertz CT molecular complexity index is 378. The van der Waals surface area contributed by atoms with Crippen molar-refractivity contribution in [3.05, 3.63) is 28.7 Å². The second-order valence-corrected chi connectivity index (χ2v) is 6.10. The van der Waals surface area contributed by atoms with Crippen molar-refractivity contribution in [2.45, 2.75) is 26.4 Å². The molecule has 88 valence electrons. The first-order chi connectivity index (χ1) is 7.49. The molecule has 1 N–H and O–H groups in total. The van der Waals surface area contributed by atoms with E-state index in [2.05, 4.69) is 46.8 Å². The molecule has 0 radical (unpaired) electrons. The minimum atomic E-state index is -0.250. The van der Waals surface area contributed by atoms with Gasteiger partial charge in [-0.05, 0) is 30.0 Å². The molecule has 0 saturated carbocycles. The number of halogens is 1. The molecule has 1 unspecified atom stereocenters. The van der Waals surface area contributed by atoms with Crippen LogP contribution in [0.25, 0.3) is 0 Å². The van der Waals surface area contributed by atoms with Gasteiger partial charge in [0.2, 0.25) is 0 Å². The van der Waals surface area contributed by atoms with E-state index in [9.17, 15) is 5.11 Å². The van der Waals surface area contributed by atoms with Crippen molar-refractivity contribution >= 4 is 21.6 Å². The average molecular weight is 284 g/mol. The molecule has 1 saturated heterocycles. The van der Waals surface area contributed by atoms with Crippen LogP contribution < -0.4 is 4.90 Å². The van der Waals surface area contributed by atoms with E-state index in [0.29, 0.717) is 0 Å². The molecule has 16 heavy (non-hydrogen) atoms. The van der Waals surface area contributed by atoms with Gasteiger partial charge in [-0.2, -0.15) is 0 Å². The molecule has 2 nitrogen and oxygen atoms in total. The van der Waals surface area contributed by atoms with Gasteiger partial charge in [-0.3, -0.25) is 0 Å². The predicted molar refractivity (Wildman–Crippen MR) is 70.8 cm³/mol. The van der Waals surface area contributed by atoms with E-state index >= 15 is 0 Å². The summed E-state index contributed by atoms with van der Waals surface area (Å²) in [5, 5.41) is 10.1. The van der Waals surface area contributed by atoms with Crippen molar-refractivity contribution in [3.8, 4) is 0 Å². The second-order valence-electron chi connectivity index (χ2n) is 5.18. The maximum atomic E-state index is 10.1. The van der Waals surface area contributed by atoms with E-state index < -0.39 is 0 Å². The van der Waals surface area contributed by atoms with Gasteiger partial charge in [-0.15, -0.1) is 0 Å². The van der Waals surface area contributed by atoms with Crippen LogP contribution in [0.15, 0.2) is 28.7 Å². The predicted octanol–water partition coefficient (Wildman–Crippen LogP) is 3.05. The highest BCUT2D eigenvalue weighted by Crippen LogP contribution is 2.33. The Kier molecular flexibility index (Phi) is 3.27. The number of aliphatic hydroxyl groups is 1. The molecule has 1 aromatic carbocycles. The molecule has 3 heteroatoms. The molecule has 1 aliphatic rings. The summed E-state index contributed by atoms with van der Waals surface area (Å²) < 4.78 is 1.09. The fourth-order valence-corrected chi connectivity index (χ4v) is 2.43. The van der Waals surface area contributed by atoms with Crippen LogP contribution >= 0.6 is 15.9 Å². The summed E-state index contributed by atoms with van der Waals surface area (Å²) in [4.78, 5) is 2.25. The number of benzene rings is 1. The first-order valence-electron chi connectivity index (χ1n) is 5.68. The van der Waals surface area contributed by atoms with Crippen molar-refractivity contribution < 1.29 is 5.11 Å². The van der Waals surface area contributed by atoms with Crippen LogP contribution in [0.3, 0.4) is 0 Å². The summed E-state index contributed by atoms with van der Waals surface area (Å²) >= 11 is 3.48. The number of hydrogen-bond donors (Lipinski definition) is 1. The molecule has 0 aliphatic carbocycles. The number of aliphatic hydroxyl groups excluding tert-OH is 1. The zero-order valence-electron chi connectivity index (χ0n) is 9.78. The van der Waals surface area contributed by atoms with Gasteiger partial charge in [0.05, 0.1) is 6.10 Å². The van der Waals surface area contributed by atoms with E-state index in [0.717, 1.165) is 24.0 Å². The molecule has 1 aliphatic heterocycles. The molecule has 2 rings (SSSR count). The van der Waals surface area contributed by atoms with Crippen LogP contribution in [0, 0.1) is 5.41 Å². The van der Waals surface area contributed by atoms with Gasteiger partial charge >= 0.3 is 0 Å². The number of hydrogen-bond acceptors (Lipinski definition) is 2. The van der Waals surface area contributed by atoms with Crippen LogP contribution in [0.2, 0.25) is 0 Å². The van der Waals surface area contributed by atoms with Gasteiger partial charge in [-0.25, -0.2) is 0 Å². The second kappa shape index (κ2) is 4.38. The standard InChI is InChI=1S/C13H18BrNO/c1-13(2)6-7-15(9-12(13)16)11-5-3-4-10(14)8-11/h3-5,8,12,16H,6-7,9H2,1-2H3. The molecule has 1 aromatic rings. The largest absolute Gasteiger partial charge is 0.391 e. The van der Waals surface area contributed by atoms with E-state index in [4.69, 9.17) is 0 Å². The normalized spacial score (nSPS) is 24.5. The highest BCUT2D eigenvalue weighted by molar-refractivity contribution is 9.10. The average Bonchev–Trinajstić information content (AvgIpc) is 2.22. The smallest absolute Gasteiger partial charge is 0.0766 e. The van der Waals surface area contributed by atoms with E-state index in [1.54, 1.807) is 0 Å². The summed E-state index contributed by atoms with van der Waals surface area (Å²) in [6.07, 6.45) is 0.779. The Morgan fingerprint density at radius 1 is 1.44 bits per heavy atom. The topological polar surface area (TPSA) is 23.5 Å². The van der Waals surface area contributed by atoms with E-state index in [1.807, 2.05) is 12.1 Å². The first-order valence-corrected chi connectivity index (χ1v) is 6.47. The lowest BCUT2D eigenvalue weighted by molar-refractivity contribution is 0.0351. The minimum absolute atomic E-state index is 0.0442. The van der Waals surface area contributed by atoms with E-state index in [-0.39, 0.29) is 11.5 Å².